The van der Waals surface area contributed by atoms with Crippen LogP contribution in [0.4, 0.5) is 5.13 Å². The van der Waals surface area contributed by atoms with Crippen molar-refractivity contribution in [2.45, 2.75) is 33.2 Å². The zero-order chi connectivity index (χ0) is 11.7. The Hall–Kier alpha value is -0.610. The minimum Gasteiger partial charge on any atom is -0.348 e. The molecule has 1 fully saturated rings. The Bertz CT molecular complexity index is 338. The predicted molar refractivity (Wildman–Crippen MR) is 69.9 cm³/mol. The number of rotatable bonds is 2. The van der Waals surface area contributed by atoms with Gasteiger partial charge in [-0.3, -0.25) is 0 Å². The smallest absolute Gasteiger partial charge is 0.185 e. The van der Waals surface area contributed by atoms with Crippen LogP contribution in [0.2, 0.25) is 0 Å². The normalized spacial score (nSPS) is 28.1. The highest BCUT2D eigenvalue weighted by Crippen LogP contribution is 2.30. The van der Waals surface area contributed by atoms with Gasteiger partial charge in [-0.25, -0.2) is 4.98 Å². The van der Waals surface area contributed by atoms with E-state index in [1.54, 1.807) is 11.3 Å². The third-order valence-corrected chi connectivity index (χ3v) is 4.36. The maximum Gasteiger partial charge on any atom is 0.185 e. The van der Waals surface area contributed by atoms with Crippen molar-refractivity contribution in [1.82, 2.24) is 4.98 Å². The molecule has 1 aromatic rings. The van der Waals surface area contributed by atoms with Gasteiger partial charge in [-0.05, 0) is 25.2 Å². The first-order valence-electron chi connectivity index (χ1n) is 6.02. The molecule has 0 aliphatic carbocycles. The second kappa shape index (κ2) is 4.72. The summed E-state index contributed by atoms with van der Waals surface area (Å²) >= 11 is 1.74. The maximum atomic E-state index is 5.86. The molecule has 0 saturated carbocycles. The van der Waals surface area contributed by atoms with Crippen molar-refractivity contribution in [2.75, 3.05) is 18.0 Å². The lowest BCUT2D eigenvalue weighted by Crippen LogP contribution is -2.38. The van der Waals surface area contributed by atoms with Gasteiger partial charge in [0, 0.05) is 30.2 Å². The summed E-state index contributed by atoms with van der Waals surface area (Å²) in [5.74, 6) is 1.54. The Labute approximate surface area is 102 Å². The molecule has 0 bridgehead atoms. The molecule has 0 spiro atoms. The van der Waals surface area contributed by atoms with Crippen molar-refractivity contribution in [2.24, 2.45) is 17.6 Å². The molecule has 1 aliphatic rings. The molecular weight excluding hydrogens is 218 g/mol. The fraction of sp³-hybridized carbons (Fsp3) is 0.750. The standard InChI is InChI=1S/C12H21N3S/c1-8-4-9(2)7-15(6-8)12-14-5-11(16-12)10(3)13/h5,8-10H,4,6-7,13H2,1-3H3. The molecule has 1 aromatic heterocycles. The Morgan fingerprint density at radius 3 is 2.56 bits per heavy atom. The summed E-state index contributed by atoms with van der Waals surface area (Å²) in [5, 5.41) is 1.14. The Morgan fingerprint density at radius 2 is 2.06 bits per heavy atom. The van der Waals surface area contributed by atoms with E-state index in [0.29, 0.717) is 0 Å². The highest BCUT2D eigenvalue weighted by Gasteiger charge is 2.23. The van der Waals surface area contributed by atoms with Gasteiger partial charge in [0.25, 0.3) is 0 Å². The van der Waals surface area contributed by atoms with Gasteiger partial charge in [-0.15, -0.1) is 11.3 Å². The molecule has 0 aromatic carbocycles. The van der Waals surface area contributed by atoms with Crippen molar-refractivity contribution in [3.63, 3.8) is 0 Å². The van der Waals surface area contributed by atoms with E-state index in [2.05, 4.69) is 23.7 Å². The quantitative estimate of drug-likeness (QED) is 0.862. The minimum absolute atomic E-state index is 0.103. The molecule has 3 atom stereocenters. The molecule has 3 unspecified atom stereocenters. The summed E-state index contributed by atoms with van der Waals surface area (Å²) in [6.07, 6.45) is 3.26. The van der Waals surface area contributed by atoms with Crippen molar-refractivity contribution in [3.05, 3.63) is 11.1 Å². The van der Waals surface area contributed by atoms with Crippen molar-refractivity contribution >= 4 is 16.5 Å². The van der Waals surface area contributed by atoms with Gasteiger partial charge in [0.1, 0.15) is 0 Å². The molecule has 1 aliphatic heterocycles. The zero-order valence-corrected chi connectivity index (χ0v) is 11.1. The lowest BCUT2D eigenvalue weighted by molar-refractivity contribution is 0.356. The zero-order valence-electron chi connectivity index (χ0n) is 10.3. The van der Waals surface area contributed by atoms with Crippen LogP contribution in [0.5, 0.6) is 0 Å². The number of nitrogens with zero attached hydrogens (tertiary/aromatic N) is 2. The van der Waals surface area contributed by atoms with Crippen LogP contribution in [0.1, 0.15) is 38.1 Å². The lowest BCUT2D eigenvalue weighted by Gasteiger charge is -2.34. The van der Waals surface area contributed by atoms with Crippen LogP contribution in [0, 0.1) is 11.8 Å². The van der Waals surface area contributed by atoms with Gasteiger partial charge >= 0.3 is 0 Å². The molecule has 0 amide bonds. The number of hydrogen-bond acceptors (Lipinski definition) is 4. The van der Waals surface area contributed by atoms with Gasteiger partial charge in [0.2, 0.25) is 0 Å². The third kappa shape index (κ3) is 2.55. The number of hydrogen-bond donors (Lipinski definition) is 1. The van der Waals surface area contributed by atoms with E-state index in [4.69, 9.17) is 5.73 Å². The lowest BCUT2D eigenvalue weighted by atomic mass is 9.92. The summed E-state index contributed by atoms with van der Waals surface area (Å²) in [7, 11) is 0. The molecule has 4 heteroatoms. The van der Waals surface area contributed by atoms with Crippen LogP contribution >= 0.6 is 11.3 Å². The summed E-state index contributed by atoms with van der Waals surface area (Å²) < 4.78 is 0. The Balaban J connectivity index is 2.10. The summed E-state index contributed by atoms with van der Waals surface area (Å²) in [6.45, 7) is 8.93. The van der Waals surface area contributed by atoms with Crippen LogP contribution in [0.15, 0.2) is 6.20 Å². The minimum atomic E-state index is 0.103. The molecule has 90 valence electrons. The second-order valence-corrected chi connectivity index (χ2v) is 6.23. The topological polar surface area (TPSA) is 42.2 Å². The third-order valence-electron chi connectivity index (χ3n) is 3.10. The molecule has 2 N–H and O–H groups in total. The fourth-order valence-electron chi connectivity index (χ4n) is 2.45. The van der Waals surface area contributed by atoms with Gasteiger partial charge < -0.3 is 10.6 Å². The van der Waals surface area contributed by atoms with Crippen LogP contribution < -0.4 is 10.6 Å². The molecule has 3 nitrogen and oxygen atoms in total. The van der Waals surface area contributed by atoms with E-state index in [1.807, 2.05) is 13.1 Å². The molecular formula is C12H21N3S. The maximum absolute atomic E-state index is 5.86. The van der Waals surface area contributed by atoms with E-state index in [9.17, 15) is 0 Å². The molecule has 2 rings (SSSR count). The second-order valence-electron chi connectivity index (χ2n) is 5.18. The highest BCUT2D eigenvalue weighted by molar-refractivity contribution is 7.15. The van der Waals surface area contributed by atoms with E-state index in [0.717, 1.165) is 30.1 Å². The highest BCUT2D eigenvalue weighted by atomic mass is 32.1. The number of nitrogens with two attached hydrogens (primary N) is 1. The summed E-state index contributed by atoms with van der Waals surface area (Å²) in [6, 6.07) is 0.103. The van der Waals surface area contributed by atoms with E-state index in [-0.39, 0.29) is 6.04 Å². The summed E-state index contributed by atoms with van der Waals surface area (Å²) in [5.41, 5.74) is 5.86. The van der Waals surface area contributed by atoms with Gasteiger partial charge in [-0.1, -0.05) is 13.8 Å². The molecule has 16 heavy (non-hydrogen) atoms. The first kappa shape index (κ1) is 11.9. The molecule has 0 radical (unpaired) electrons. The molecule has 1 saturated heterocycles. The van der Waals surface area contributed by atoms with Crippen molar-refractivity contribution in [3.8, 4) is 0 Å². The van der Waals surface area contributed by atoms with Crippen LogP contribution in [0.25, 0.3) is 0 Å². The average molecular weight is 239 g/mol. The number of piperidine rings is 1. The SMILES string of the molecule is CC1CC(C)CN(c2ncc(C(C)N)s2)C1. The van der Waals surface area contributed by atoms with Gasteiger partial charge in [-0.2, -0.15) is 0 Å². The van der Waals surface area contributed by atoms with Crippen LogP contribution in [-0.4, -0.2) is 18.1 Å². The van der Waals surface area contributed by atoms with E-state index in [1.165, 1.54) is 11.3 Å². The predicted octanol–water partition coefficient (Wildman–Crippen LogP) is 2.65. The largest absolute Gasteiger partial charge is 0.348 e. The average Bonchev–Trinajstić information content (AvgIpc) is 2.64. The molecule has 2 heterocycles. The van der Waals surface area contributed by atoms with Gasteiger partial charge in [0.05, 0.1) is 0 Å². The first-order valence-corrected chi connectivity index (χ1v) is 6.84. The van der Waals surface area contributed by atoms with Gasteiger partial charge in [0.15, 0.2) is 5.13 Å². The number of anilines is 1. The number of thiazole rings is 1. The Morgan fingerprint density at radius 1 is 1.44 bits per heavy atom. The number of aromatic nitrogens is 1. The Kier molecular flexibility index (Phi) is 3.50. The van der Waals surface area contributed by atoms with Crippen molar-refractivity contribution < 1.29 is 0 Å². The van der Waals surface area contributed by atoms with E-state index >= 15 is 0 Å². The fourth-order valence-corrected chi connectivity index (χ4v) is 3.34. The van der Waals surface area contributed by atoms with Crippen LogP contribution in [0.3, 0.4) is 0 Å². The monoisotopic (exact) mass is 239 g/mol. The summed E-state index contributed by atoms with van der Waals surface area (Å²) in [4.78, 5) is 8.09. The van der Waals surface area contributed by atoms with Crippen LogP contribution in [-0.2, 0) is 0 Å². The van der Waals surface area contributed by atoms with E-state index < -0.39 is 0 Å². The first-order chi connectivity index (χ1) is 7.56. The van der Waals surface area contributed by atoms with Crippen molar-refractivity contribution in [1.29, 1.82) is 0 Å².